The lowest BCUT2D eigenvalue weighted by Crippen LogP contribution is -2.24. The van der Waals surface area contributed by atoms with E-state index in [2.05, 4.69) is 0 Å². The van der Waals surface area contributed by atoms with E-state index in [-0.39, 0.29) is 5.56 Å². The molecule has 0 fully saturated rings. The lowest BCUT2D eigenvalue weighted by Gasteiger charge is -2.12. The fraction of sp³-hybridized carbons (Fsp3) is 0.267. The number of benzene rings is 2. The molecule has 0 aliphatic heterocycles. The predicted molar refractivity (Wildman–Crippen MR) is 66.3 cm³/mol. The SMILES string of the molecule is CC(F)(F)C(=O)c1ccc2c3c(cccc13)CC2. The van der Waals surface area contributed by atoms with Gasteiger partial charge in [-0.05, 0) is 34.7 Å². The molecule has 0 saturated carbocycles. The summed E-state index contributed by atoms with van der Waals surface area (Å²) in [4.78, 5) is 11.8. The molecule has 0 N–H and O–H groups in total. The summed E-state index contributed by atoms with van der Waals surface area (Å²) in [6, 6.07) is 8.92. The van der Waals surface area contributed by atoms with Crippen LogP contribution < -0.4 is 0 Å². The molecule has 2 aromatic carbocycles. The van der Waals surface area contributed by atoms with Crippen molar-refractivity contribution in [3.63, 3.8) is 0 Å². The van der Waals surface area contributed by atoms with Gasteiger partial charge < -0.3 is 0 Å². The standard InChI is InChI=1S/C15H12F2O/c1-15(16,17)14(18)12-8-7-10-6-5-9-3-2-4-11(12)13(9)10/h2-4,7-8H,5-6H2,1H3. The first-order chi connectivity index (χ1) is 8.48. The molecule has 0 aromatic heterocycles. The minimum Gasteiger partial charge on any atom is -0.287 e. The fourth-order valence-electron chi connectivity index (χ4n) is 2.68. The van der Waals surface area contributed by atoms with E-state index in [0.717, 1.165) is 29.4 Å². The molecule has 0 saturated heterocycles. The van der Waals surface area contributed by atoms with E-state index < -0.39 is 11.7 Å². The first-order valence-electron chi connectivity index (χ1n) is 5.94. The zero-order valence-corrected chi connectivity index (χ0v) is 9.97. The van der Waals surface area contributed by atoms with E-state index >= 15 is 0 Å². The summed E-state index contributed by atoms with van der Waals surface area (Å²) in [5.74, 6) is -4.42. The van der Waals surface area contributed by atoms with Crippen LogP contribution in [0, 0.1) is 0 Å². The maximum Gasteiger partial charge on any atom is 0.307 e. The van der Waals surface area contributed by atoms with Gasteiger partial charge in [0.1, 0.15) is 0 Å². The summed E-state index contributed by atoms with van der Waals surface area (Å²) in [5.41, 5.74) is 2.43. The van der Waals surface area contributed by atoms with Crippen LogP contribution in [0.25, 0.3) is 10.8 Å². The van der Waals surface area contributed by atoms with Gasteiger partial charge >= 0.3 is 5.92 Å². The molecule has 0 radical (unpaired) electrons. The molecule has 0 bridgehead atoms. The lowest BCUT2D eigenvalue weighted by atomic mass is 9.96. The molecule has 1 aliphatic carbocycles. The van der Waals surface area contributed by atoms with Crippen LogP contribution in [0.15, 0.2) is 30.3 Å². The average molecular weight is 246 g/mol. The number of aryl methyl sites for hydroxylation is 2. The largest absolute Gasteiger partial charge is 0.307 e. The van der Waals surface area contributed by atoms with Crippen molar-refractivity contribution < 1.29 is 13.6 Å². The van der Waals surface area contributed by atoms with E-state index in [1.165, 1.54) is 6.07 Å². The number of carbonyl (C=O) groups is 1. The third kappa shape index (κ3) is 1.54. The maximum atomic E-state index is 13.2. The van der Waals surface area contributed by atoms with E-state index in [9.17, 15) is 13.6 Å². The highest BCUT2D eigenvalue weighted by atomic mass is 19.3. The van der Waals surface area contributed by atoms with Crippen molar-refractivity contribution in [2.45, 2.75) is 25.7 Å². The van der Waals surface area contributed by atoms with Crippen molar-refractivity contribution in [3.8, 4) is 0 Å². The topological polar surface area (TPSA) is 17.1 Å². The highest BCUT2D eigenvalue weighted by Gasteiger charge is 2.34. The van der Waals surface area contributed by atoms with E-state index in [1.54, 1.807) is 12.1 Å². The molecule has 1 nitrogen and oxygen atoms in total. The van der Waals surface area contributed by atoms with E-state index in [0.29, 0.717) is 12.3 Å². The van der Waals surface area contributed by atoms with Crippen LogP contribution in [0.2, 0.25) is 0 Å². The summed E-state index contributed by atoms with van der Waals surface area (Å²) >= 11 is 0. The predicted octanol–water partition coefficient (Wildman–Crippen LogP) is 3.78. The first-order valence-corrected chi connectivity index (χ1v) is 5.94. The minimum atomic E-state index is -3.32. The third-order valence-electron chi connectivity index (χ3n) is 3.52. The Hall–Kier alpha value is -1.77. The summed E-state index contributed by atoms with van der Waals surface area (Å²) < 4.78 is 26.4. The highest BCUT2D eigenvalue weighted by molar-refractivity contribution is 6.12. The Morgan fingerprint density at radius 3 is 2.44 bits per heavy atom. The van der Waals surface area contributed by atoms with Gasteiger partial charge in [-0.15, -0.1) is 0 Å². The molecule has 18 heavy (non-hydrogen) atoms. The summed E-state index contributed by atoms with van der Waals surface area (Å²) in [7, 11) is 0. The Bertz CT molecular complexity index is 643. The first kappa shape index (κ1) is 11.3. The number of hydrogen-bond acceptors (Lipinski definition) is 1. The molecule has 3 heteroatoms. The van der Waals surface area contributed by atoms with Crippen LogP contribution in [0.3, 0.4) is 0 Å². The Labute approximate surface area is 103 Å². The zero-order chi connectivity index (χ0) is 12.9. The Kier molecular flexibility index (Phi) is 2.27. The number of halogens is 2. The van der Waals surface area contributed by atoms with Crippen molar-refractivity contribution in [3.05, 3.63) is 47.0 Å². The van der Waals surface area contributed by atoms with Crippen LogP contribution in [-0.2, 0) is 12.8 Å². The number of hydrogen-bond donors (Lipinski definition) is 0. The van der Waals surface area contributed by atoms with Crippen LogP contribution in [-0.4, -0.2) is 11.7 Å². The van der Waals surface area contributed by atoms with Gasteiger partial charge in [0.2, 0.25) is 5.78 Å². The number of ketones is 1. The monoisotopic (exact) mass is 246 g/mol. The Balaban J connectivity index is 2.31. The highest BCUT2D eigenvalue weighted by Crippen LogP contribution is 2.34. The summed E-state index contributed by atoms with van der Waals surface area (Å²) in [5, 5.41) is 1.65. The molecular formula is C15H12F2O. The van der Waals surface area contributed by atoms with Gasteiger partial charge in [0.05, 0.1) is 0 Å². The maximum absolute atomic E-state index is 13.2. The molecule has 1 aliphatic rings. The van der Waals surface area contributed by atoms with Crippen LogP contribution in [0.1, 0.15) is 28.4 Å². The van der Waals surface area contributed by atoms with Crippen molar-refractivity contribution in [1.82, 2.24) is 0 Å². The lowest BCUT2D eigenvalue weighted by molar-refractivity contribution is 0.0223. The summed E-state index contributed by atoms with van der Waals surface area (Å²) in [6.07, 6.45) is 1.85. The van der Waals surface area contributed by atoms with Crippen molar-refractivity contribution >= 4 is 16.6 Å². The molecule has 3 rings (SSSR count). The number of carbonyl (C=O) groups excluding carboxylic acids is 1. The molecule has 0 unspecified atom stereocenters. The van der Waals surface area contributed by atoms with Gasteiger partial charge in [0.25, 0.3) is 0 Å². The third-order valence-corrected chi connectivity index (χ3v) is 3.52. The molecule has 2 aromatic rings. The normalized spacial score (nSPS) is 14.2. The Morgan fingerprint density at radius 2 is 1.78 bits per heavy atom. The van der Waals surface area contributed by atoms with Crippen LogP contribution in [0.5, 0.6) is 0 Å². The molecule has 0 spiro atoms. The second kappa shape index (κ2) is 3.61. The van der Waals surface area contributed by atoms with Crippen LogP contribution in [0.4, 0.5) is 8.78 Å². The average Bonchev–Trinajstić information content (AvgIpc) is 2.73. The van der Waals surface area contributed by atoms with Crippen molar-refractivity contribution in [2.75, 3.05) is 0 Å². The van der Waals surface area contributed by atoms with Gasteiger partial charge in [0.15, 0.2) is 0 Å². The van der Waals surface area contributed by atoms with Gasteiger partial charge in [0, 0.05) is 12.5 Å². The van der Waals surface area contributed by atoms with Gasteiger partial charge in [-0.2, -0.15) is 8.78 Å². The van der Waals surface area contributed by atoms with Gasteiger partial charge in [-0.1, -0.05) is 30.3 Å². The zero-order valence-electron chi connectivity index (χ0n) is 9.97. The minimum absolute atomic E-state index is 0.130. The van der Waals surface area contributed by atoms with Gasteiger partial charge in [-0.25, -0.2) is 0 Å². The molecular weight excluding hydrogens is 234 g/mol. The van der Waals surface area contributed by atoms with E-state index in [4.69, 9.17) is 0 Å². The van der Waals surface area contributed by atoms with Gasteiger partial charge in [-0.3, -0.25) is 4.79 Å². The second-order valence-corrected chi connectivity index (χ2v) is 4.83. The number of rotatable bonds is 2. The van der Waals surface area contributed by atoms with Crippen molar-refractivity contribution in [2.24, 2.45) is 0 Å². The molecule has 0 amide bonds. The Morgan fingerprint density at radius 1 is 1.11 bits per heavy atom. The quantitative estimate of drug-likeness (QED) is 0.737. The van der Waals surface area contributed by atoms with Crippen molar-refractivity contribution in [1.29, 1.82) is 0 Å². The molecule has 0 heterocycles. The number of Topliss-reactive ketones (excluding diaryl/α,β-unsaturated/α-hetero) is 1. The van der Waals surface area contributed by atoms with E-state index in [1.807, 2.05) is 12.1 Å². The smallest absolute Gasteiger partial charge is 0.287 e. The number of alkyl halides is 2. The second-order valence-electron chi connectivity index (χ2n) is 4.83. The summed E-state index contributed by atoms with van der Waals surface area (Å²) in [6.45, 7) is 0.651. The van der Waals surface area contributed by atoms with Crippen LogP contribution >= 0.6 is 0 Å². The fourth-order valence-corrected chi connectivity index (χ4v) is 2.68. The molecule has 0 atom stereocenters. The molecule has 92 valence electrons.